The second kappa shape index (κ2) is 6.99. The first-order valence-electron chi connectivity index (χ1n) is 7.67. The molecule has 0 aliphatic rings. The first kappa shape index (κ1) is 15.8. The van der Waals surface area contributed by atoms with Crippen LogP contribution in [-0.4, -0.2) is 39.5 Å². The molecular weight excluding hydrogens is 306 g/mol. The highest BCUT2D eigenvalue weighted by molar-refractivity contribution is 5.90. The number of carbonyl (C=O) groups is 1. The standard InChI is InChI=1S/C17H19N5O2/c1-3-22(10-12-4-5-14-13(8-12)6-7-19-14)17(23)21-15-9-18-11-20-16(15)24-2/h4-9,11,19H,3,10H2,1-2H3,(H,21,23). The van der Waals surface area contributed by atoms with Gasteiger partial charge in [0, 0.05) is 24.8 Å². The Balaban J connectivity index is 1.74. The van der Waals surface area contributed by atoms with Crippen molar-refractivity contribution in [2.24, 2.45) is 0 Å². The average molecular weight is 325 g/mol. The fourth-order valence-corrected chi connectivity index (χ4v) is 2.51. The molecule has 0 aliphatic heterocycles. The predicted octanol–water partition coefficient (Wildman–Crippen LogP) is 3.02. The van der Waals surface area contributed by atoms with Crippen LogP contribution in [0.5, 0.6) is 5.88 Å². The Bertz CT molecular complexity index is 846. The molecule has 0 spiro atoms. The van der Waals surface area contributed by atoms with Gasteiger partial charge in [0.15, 0.2) is 0 Å². The minimum Gasteiger partial charge on any atom is -0.479 e. The van der Waals surface area contributed by atoms with Crippen LogP contribution in [0.4, 0.5) is 10.5 Å². The van der Waals surface area contributed by atoms with Gasteiger partial charge in [-0.3, -0.25) is 0 Å². The predicted molar refractivity (Wildman–Crippen MR) is 92.0 cm³/mol. The number of benzene rings is 1. The van der Waals surface area contributed by atoms with Crippen molar-refractivity contribution >= 4 is 22.6 Å². The zero-order valence-corrected chi connectivity index (χ0v) is 13.6. The van der Waals surface area contributed by atoms with Gasteiger partial charge in [-0.05, 0) is 36.1 Å². The molecule has 2 N–H and O–H groups in total. The molecule has 0 bridgehead atoms. The highest BCUT2D eigenvalue weighted by Gasteiger charge is 2.15. The lowest BCUT2D eigenvalue weighted by atomic mass is 10.1. The summed E-state index contributed by atoms with van der Waals surface area (Å²) in [5.74, 6) is 0.336. The number of H-pyrrole nitrogens is 1. The van der Waals surface area contributed by atoms with E-state index < -0.39 is 0 Å². The summed E-state index contributed by atoms with van der Waals surface area (Å²) in [6.07, 6.45) is 4.79. The number of nitrogens with one attached hydrogen (secondary N) is 2. The number of rotatable bonds is 5. The van der Waals surface area contributed by atoms with Crippen LogP contribution in [0.3, 0.4) is 0 Å². The summed E-state index contributed by atoms with van der Waals surface area (Å²) >= 11 is 0. The summed E-state index contributed by atoms with van der Waals surface area (Å²) in [6, 6.07) is 7.90. The molecule has 0 aliphatic carbocycles. The molecule has 0 atom stereocenters. The highest BCUT2D eigenvalue weighted by Crippen LogP contribution is 2.20. The molecule has 0 unspecified atom stereocenters. The Kier molecular flexibility index (Phi) is 4.60. The molecular formula is C17H19N5O2. The lowest BCUT2D eigenvalue weighted by molar-refractivity contribution is 0.212. The normalized spacial score (nSPS) is 10.6. The van der Waals surface area contributed by atoms with Crippen LogP contribution >= 0.6 is 0 Å². The first-order chi connectivity index (χ1) is 11.7. The van der Waals surface area contributed by atoms with Gasteiger partial charge in [0.05, 0.1) is 13.3 Å². The second-order valence-electron chi connectivity index (χ2n) is 5.29. The molecule has 1 aromatic carbocycles. The monoisotopic (exact) mass is 325 g/mol. The Morgan fingerprint density at radius 1 is 1.38 bits per heavy atom. The Hall–Kier alpha value is -3.09. The molecule has 7 nitrogen and oxygen atoms in total. The van der Waals surface area contributed by atoms with Gasteiger partial charge in [0.25, 0.3) is 0 Å². The van der Waals surface area contributed by atoms with Crippen LogP contribution < -0.4 is 10.1 Å². The van der Waals surface area contributed by atoms with Crippen LogP contribution in [-0.2, 0) is 6.54 Å². The van der Waals surface area contributed by atoms with Gasteiger partial charge < -0.3 is 19.9 Å². The summed E-state index contributed by atoms with van der Waals surface area (Å²) in [4.78, 5) is 25.3. The van der Waals surface area contributed by atoms with Crippen molar-refractivity contribution in [3.63, 3.8) is 0 Å². The van der Waals surface area contributed by atoms with E-state index in [2.05, 4.69) is 26.3 Å². The SMILES string of the molecule is CCN(Cc1ccc2[nH]ccc2c1)C(=O)Nc1cncnc1OC. The van der Waals surface area contributed by atoms with Crippen molar-refractivity contribution in [3.8, 4) is 5.88 Å². The van der Waals surface area contributed by atoms with E-state index >= 15 is 0 Å². The summed E-state index contributed by atoms with van der Waals surface area (Å²) in [5.41, 5.74) is 2.59. The Morgan fingerprint density at radius 2 is 2.25 bits per heavy atom. The summed E-state index contributed by atoms with van der Waals surface area (Å²) in [7, 11) is 1.50. The third-order valence-corrected chi connectivity index (χ3v) is 3.77. The van der Waals surface area contributed by atoms with E-state index in [1.807, 2.05) is 31.3 Å². The molecule has 7 heteroatoms. The lowest BCUT2D eigenvalue weighted by Gasteiger charge is -2.22. The van der Waals surface area contributed by atoms with E-state index in [1.165, 1.54) is 19.6 Å². The summed E-state index contributed by atoms with van der Waals surface area (Å²) < 4.78 is 5.13. The van der Waals surface area contributed by atoms with Crippen LogP contribution in [0.2, 0.25) is 0 Å². The molecule has 0 saturated heterocycles. The number of amides is 2. The van der Waals surface area contributed by atoms with Gasteiger partial charge in [-0.15, -0.1) is 0 Å². The molecule has 0 saturated carbocycles. The topological polar surface area (TPSA) is 83.1 Å². The van der Waals surface area contributed by atoms with Crippen LogP contribution in [0.25, 0.3) is 10.9 Å². The maximum atomic E-state index is 12.5. The summed E-state index contributed by atoms with van der Waals surface area (Å²) in [5, 5.41) is 3.92. The number of methoxy groups -OCH3 is 1. The first-order valence-corrected chi connectivity index (χ1v) is 7.67. The number of fused-ring (bicyclic) bond motifs is 1. The van der Waals surface area contributed by atoms with E-state index in [0.29, 0.717) is 24.7 Å². The number of anilines is 1. The second-order valence-corrected chi connectivity index (χ2v) is 5.29. The minimum absolute atomic E-state index is 0.222. The van der Waals surface area contributed by atoms with E-state index in [4.69, 9.17) is 4.74 Å². The van der Waals surface area contributed by atoms with Gasteiger partial charge in [-0.1, -0.05) is 6.07 Å². The lowest BCUT2D eigenvalue weighted by Crippen LogP contribution is -2.34. The third-order valence-electron chi connectivity index (χ3n) is 3.77. The molecule has 0 radical (unpaired) electrons. The van der Waals surface area contributed by atoms with E-state index in [0.717, 1.165) is 16.5 Å². The molecule has 3 aromatic rings. The Morgan fingerprint density at radius 3 is 3.04 bits per heavy atom. The zero-order valence-electron chi connectivity index (χ0n) is 13.6. The van der Waals surface area contributed by atoms with Gasteiger partial charge in [-0.2, -0.15) is 4.98 Å². The fraction of sp³-hybridized carbons (Fsp3) is 0.235. The maximum Gasteiger partial charge on any atom is 0.322 e. The quantitative estimate of drug-likeness (QED) is 0.755. The van der Waals surface area contributed by atoms with Crippen molar-refractivity contribution in [3.05, 3.63) is 48.5 Å². The number of urea groups is 1. The number of nitrogens with zero attached hydrogens (tertiary/aromatic N) is 3. The fourth-order valence-electron chi connectivity index (χ4n) is 2.51. The summed E-state index contributed by atoms with van der Waals surface area (Å²) in [6.45, 7) is 3.03. The maximum absolute atomic E-state index is 12.5. The number of aromatic amines is 1. The number of aromatic nitrogens is 3. The van der Waals surface area contributed by atoms with E-state index in [1.54, 1.807) is 4.90 Å². The van der Waals surface area contributed by atoms with Gasteiger partial charge >= 0.3 is 6.03 Å². The molecule has 2 aromatic heterocycles. The van der Waals surface area contributed by atoms with Crippen LogP contribution in [0.1, 0.15) is 12.5 Å². The molecule has 2 heterocycles. The number of ether oxygens (including phenoxy) is 1. The third kappa shape index (κ3) is 3.29. The molecule has 124 valence electrons. The minimum atomic E-state index is -0.222. The van der Waals surface area contributed by atoms with Gasteiger partial charge in [0.2, 0.25) is 5.88 Å². The van der Waals surface area contributed by atoms with E-state index in [-0.39, 0.29) is 6.03 Å². The molecule has 3 rings (SSSR count). The van der Waals surface area contributed by atoms with Gasteiger partial charge in [0.1, 0.15) is 12.0 Å². The number of hydrogen-bond donors (Lipinski definition) is 2. The van der Waals surface area contributed by atoms with Crippen LogP contribution in [0, 0.1) is 0 Å². The van der Waals surface area contributed by atoms with Crippen LogP contribution in [0.15, 0.2) is 43.0 Å². The largest absolute Gasteiger partial charge is 0.479 e. The van der Waals surface area contributed by atoms with Crippen molar-refractivity contribution in [1.29, 1.82) is 0 Å². The molecule has 24 heavy (non-hydrogen) atoms. The number of hydrogen-bond acceptors (Lipinski definition) is 4. The zero-order chi connectivity index (χ0) is 16.9. The van der Waals surface area contributed by atoms with Crippen molar-refractivity contribution < 1.29 is 9.53 Å². The van der Waals surface area contributed by atoms with Gasteiger partial charge in [-0.25, -0.2) is 9.78 Å². The molecule has 0 fully saturated rings. The van der Waals surface area contributed by atoms with Crippen molar-refractivity contribution in [2.45, 2.75) is 13.5 Å². The van der Waals surface area contributed by atoms with Crippen molar-refractivity contribution in [2.75, 3.05) is 19.0 Å². The highest BCUT2D eigenvalue weighted by atomic mass is 16.5. The number of carbonyl (C=O) groups excluding carboxylic acids is 1. The smallest absolute Gasteiger partial charge is 0.322 e. The van der Waals surface area contributed by atoms with Crippen molar-refractivity contribution in [1.82, 2.24) is 19.9 Å². The van der Waals surface area contributed by atoms with E-state index in [9.17, 15) is 4.79 Å². The average Bonchev–Trinajstić information content (AvgIpc) is 3.07. The molecule has 2 amide bonds. The Labute approximate surface area is 139 Å².